The zero-order valence-corrected chi connectivity index (χ0v) is 11.8. The monoisotopic (exact) mass is 282 g/mol. The lowest BCUT2D eigenvalue weighted by molar-refractivity contribution is -0.671. The molecule has 0 amide bonds. The molecule has 0 aliphatic rings. The Hall–Kier alpha value is -1.01. The molecule has 0 fully saturated rings. The van der Waals surface area contributed by atoms with Gasteiger partial charge in [0.25, 0.3) is 0 Å². The second-order valence-electron chi connectivity index (χ2n) is 4.61. The fourth-order valence-electron chi connectivity index (χ4n) is 1.90. The van der Waals surface area contributed by atoms with Crippen LogP contribution in [0.3, 0.4) is 0 Å². The highest BCUT2D eigenvalue weighted by molar-refractivity contribution is 6.50. The zero-order chi connectivity index (χ0) is 14.9. The maximum Gasteiger partial charge on any atom is 0.673 e. The number of imidazole rings is 1. The molecule has 1 heterocycles. The summed E-state index contributed by atoms with van der Waals surface area (Å²) >= 11 is 0. The van der Waals surface area contributed by atoms with E-state index in [0.717, 1.165) is 0 Å². The van der Waals surface area contributed by atoms with Crippen molar-refractivity contribution in [3.63, 3.8) is 0 Å². The van der Waals surface area contributed by atoms with Crippen LogP contribution in [0.2, 0.25) is 0 Å². The smallest absolute Gasteiger partial charge is 0.418 e. The van der Waals surface area contributed by atoms with Crippen LogP contribution in [0.4, 0.5) is 17.3 Å². The van der Waals surface area contributed by atoms with Crippen LogP contribution in [0.5, 0.6) is 0 Å². The highest BCUT2D eigenvalue weighted by atomic mass is 19.5. The molecular weight excluding hydrogens is 259 g/mol. The van der Waals surface area contributed by atoms with Gasteiger partial charge in [-0.1, -0.05) is 26.7 Å². The van der Waals surface area contributed by atoms with E-state index in [1.165, 1.54) is 32.1 Å². The third-order valence-corrected chi connectivity index (χ3v) is 2.72. The topological polar surface area (TPSA) is 8.81 Å². The van der Waals surface area contributed by atoms with Gasteiger partial charge in [0.15, 0.2) is 0 Å². The highest BCUT2D eigenvalue weighted by Crippen LogP contribution is 2.19. The van der Waals surface area contributed by atoms with E-state index in [1.54, 1.807) is 0 Å². The second kappa shape index (κ2) is 8.99. The van der Waals surface area contributed by atoms with E-state index in [-0.39, 0.29) is 0 Å². The molecule has 1 unspecified atom stereocenters. The Morgan fingerprint density at radius 2 is 1.68 bits per heavy atom. The first-order valence-corrected chi connectivity index (χ1v) is 6.68. The van der Waals surface area contributed by atoms with Gasteiger partial charge in [0.2, 0.25) is 6.33 Å². The van der Waals surface area contributed by atoms with Gasteiger partial charge in [-0.3, -0.25) is 0 Å². The molecule has 0 N–H and O–H groups in total. The van der Waals surface area contributed by atoms with Gasteiger partial charge in [0, 0.05) is 0 Å². The van der Waals surface area contributed by atoms with E-state index in [2.05, 4.69) is 48.8 Å². The number of unbranched alkanes of at least 4 members (excludes halogenated alkanes) is 1. The van der Waals surface area contributed by atoms with Gasteiger partial charge >= 0.3 is 7.25 Å². The Bertz CT molecular complexity index is 333. The van der Waals surface area contributed by atoms with Gasteiger partial charge in [-0.15, -0.1) is 0 Å². The average Bonchev–Trinajstić information content (AvgIpc) is 2.68. The molecule has 2 nitrogen and oxygen atoms in total. The molecule has 1 aromatic heterocycles. The first kappa shape index (κ1) is 18.0. The van der Waals surface area contributed by atoms with Crippen molar-refractivity contribution in [2.45, 2.75) is 52.0 Å². The van der Waals surface area contributed by atoms with E-state index in [4.69, 9.17) is 0 Å². The number of rotatable bonds is 6. The van der Waals surface area contributed by atoms with Crippen LogP contribution in [-0.2, 0) is 7.05 Å². The molecule has 7 heteroatoms. The van der Waals surface area contributed by atoms with Crippen molar-refractivity contribution in [2.75, 3.05) is 0 Å². The van der Waals surface area contributed by atoms with Crippen molar-refractivity contribution in [1.29, 1.82) is 0 Å². The quantitative estimate of drug-likeness (QED) is 0.421. The molecule has 0 aliphatic carbocycles. The van der Waals surface area contributed by atoms with Gasteiger partial charge in [-0.25, -0.2) is 9.13 Å². The van der Waals surface area contributed by atoms with Gasteiger partial charge < -0.3 is 17.3 Å². The third-order valence-electron chi connectivity index (χ3n) is 2.72. The zero-order valence-electron chi connectivity index (χ0n) is 11.8. The van der Waals surface area contributed by atoms with Crippen LogP contribution in [-0.4, -0.2) is 11.8 Å². The molecule has 1 aromatic rings. The molecular formula is C12H23BF4N2. The van der Waals surface area contributed by atoms with Crippen molar-refractivity contribution in [3.05, 3.63) is 18.7 Å². The number of hydrogen-bond donors (Lipinski definition) is 0. The Morgan fingerprint density at radius 3 is 2.05 bits per heavy atom. The maximum atomic E-state index is 9.75. The molecule has 19 heavy (non-hydrogen) atoms. The predicted molar refractivity (Wildman–Crippen MR) is 69.3 cm³/mol. The predicted octanol–water partition coefficient (Wildman–Crippen LogP) is 4.14. The molecule has 0 aliphatic heterocycles. The fraction of sp³-hybridized carbons (Fsp3) is 0.750. The number of hydrogen-bond acceptors (Lipinski definition) is 0. The summed E-state index contributed by atoms with van der Waals surface area (Å²) in [6.07, 6.45) is 13.0. The number of aryl methyl sites for hydroxylation is 1. The summed E-state index contributed by atoms with van der Waals surface area (Å²) in [6, 6.07) is 0.709. The van der Waals surface area contributed by atoms with E-state index in [0.29, 0.717) is 6.04 Å². The summed E-state index contributed by atoms with van der Waals surface area (Å²) in [6.45, 7) is 4.53. The van der Waals surface area contributed by atoms with Gasteiger partial charge in [-0.2, -0.15) is 0 Å². The summed E-state index contributed by atoms with van der Waals surface area (Å²) in [5.74, 6) is 0. The molecule has 1 rings (SSSR count). The van der Waals surface area contributed by atoms with Crippen LogP contribution >= 0.6 is 0 Å². The van der Waals surface area contributed by atoms with Gasteiger partial charge in [-0.05, 0) is 19.3 Å². The van der Waals surface area contributed by atoms with Gasteiger partial charge in [0.05, 0.1) is 7.05 Å². The van der Waals surface area contributed by atoms with Crippen LogP contribution in [0.1, 0.15) is 52.0 Å². The average molecular weight is 282 g/mol. The van der Waals surface area contributed by atoms with E-state index >= 15 is 0 Å². The summed E-state index contributed by atoms with van der Waals surface area (Å²) in [7, 11) is -3.92. The summed E-state index contributed by atoms with van der Waals surface area (Å²) < 4.78 is 43.5. The Morgan fingerprint density at radius 1 is 1.11 bits per heavy atom. The lowest BCUT2D eigenvalue weighted by atomic mass is 10.1. The van der Waals surface area contributed by atoms with E-state index < -0.39 is 7.25 Å². The van der Waals surface area contributed by atoms with Crippen LogP contribution < -0.4 is 4.57 Å². The third kappa shape index (κ3) is 10.6. The van der Waals surface area contributed by atoms with Crippen molar-refractivity contribution in [1.82, 2.24) is 4.57 Å². The second-order valence-corrected chi connectivity index (χ2v) is 4.61. The van der Waals surface area contributed by atoms with Crippen LogP contribution in [0.15, 0.2) is 18.7 Å². The number of halogens is 4. The largest absolute Gasteiger partial charge is 0.673 e. The first-order valence-electron chi connectivity index (χ1n) is 6.68. The van der Waals surface area contributed by atoms with Crippen molar-refractivity contribution < 1.29 is 21.8 Å². The number of nitrogens with zero attached hydrogens (tertiary/aromatic N) is 2. The SMILES string of the molecule is CCCCC(CCC)n1cc[n+](C)c1.F[B-](F)(F)F. The number of aromatic nitrogens is 2. The summed E-state index contributed by atoms with van der Waals surface area (Å²) in [5.41, 5.74) is 0. The molecule has 1 atom stereocenters. The molecule has 112 valence electrons. The van der Waals surface area contributed by atoms with Gasteiger partial charge in [0.1, 0.15) is 18.4 Å². The van der Waals surface area contributed by atoms with Crippen LogP contribution in [0, 0.1) is 0 Å². The Kier molecular flexibility index (Phi) is 8.51. The molecule has 0 saturated heterocycles. The van der Waals surface area contributed by atoms with Crippen molar-refractivity contribution >= 4 is 7.25 Å². The normalized spacial score (nSPS) is 12.8. The van der Waals surface area contributed by atoms with Crippen molar-refractivity contribution in [2.24, 2.45) is 7.05 Å². The molecule has 0 radical (unpaired) electrons. The Labute approximate surface area is 112 Å². The molecule has 0 aromatic carbocycles. The van der Waals surface area contributed by atoms with E-state index in [9.17, 15) is 17.3 Å². The minimum Gasteiger partial charge on any atom is -0.418 e. The fourth-order valence-corrected chi connectivity index (χ4v) is 1.90. The standard InChI is InChI=1S/C12H23N2.BF4/c1-4-6-8-12(7-5-2)14-10-9-13(3)11-14;2-1(3,4)5/h9-12H,4-8H2,1-3H3;/q+1;-1. The molecule has 0 spiro atoms. The lowest BCUT2D eigenvalue weighted by Crippen LogP contribution is -2.24. The van der Waals surface area contributed by atoms with Crippen LogP contribution in [0.25, 0.3) is 0 Å². The molecule has 0 saturated carbocycles. The maximum absolute atomic E-state index is 9.75. The summed E-state index contributed by atoms with van der Waals surface area (Å²) in [5, 5.41) is 0. The first-order chi connectivity index (χ1) is 8.77. The minimum absolute atomic E-state index is 0.709. The Balaban J connectivity index is 0.000000555. The highest BCUT2D eigenvalue weighted by Gasteiger charge is 2.20. The minimum atomic E-state index is -6.00. The molecule has 0 bridgehead atoms. The van der Waals surface area contributed by atoms with E-state index in [1.807, 2.05) is 0 Å². The summed E-state index contributed by atoms with van der Waals surface area (Å²) in [4.78, 5) is 0. The lowest BCUT2D eigenvalue weighted by Gasteiger charge is -2.11. The van der Waals surface area contributed by atoms with Crippen molar-refractivity contribution in [3.8, 4) is 0 Å².